The lowest BCUT2D eigenvalue weighted by Crippen LogP contribution is -2.42. The van der Waals surface area contributed by atoms with Gasteiger partial charge in [0, 0.05) is 12.6 Å². The van der Waals surface area contributed by atoms with Gasteiger partial charge in [0.25, 0.3) is 5.91 Å². The summed E-state index contributed by atoms with van der Waals surface area (Å²) in [5.41, 5.74) is 0.346. The van der Waals surface area contributed by atoms with E-state index in [1.54, 1.807) is 6.92 Å². The van der Waals surface area contributed by atoms with Crippen molar-refractivity contribution in [2.24, 2.45) is 5.92 Å². The van der Waals surface area contributed by atoms with Crippen molar-refractivity contribution in [3.05, 3.63) is 17.8 Å². The molecule has 1 aliphatic carbocycles. The van der Waals surface area contributed by atoms with Gasteiger partial charge in [-0.25, -0.2) is 4.98 Å². The number of aromatic nitrogens is 1. The summed E-state index contributed by atoms with van der Waals surface area (Å²) in [4.78, 5) is 16.1. The van der Waals surface area contributed by atoms with Crippen LogP contribution in [0.25, 0.3) is 0 Å². The topological polar surface area (TPSA) is 75.4 Å². The van der Waals surface area contributed by atoms with Gasteiger partial charge >= 0.3 is 0 Å². The number of amides is 1. The summed E-state index contributed by atoms with van der Waals surface area (Å²) in [6, 6.07) is 0.0360. The first-order valence-corrected chi connectivity index (χ1v) is 7.04. The highest BCUT2D eigenvalue weighted by Gasteiger charge is 2.26. The average Bonchev–Trinajstić information content (AvgIpc) is 2.85. The van der Waals surface area contributed by atoms with Gasteiger partial charge in [-0.05, 0) is 32.1 Å². The maximum absolute atomic E-state index is 12.1. The Labute approximate surface area is 113 Å². The van der Waals surface area contributed by atoms with Crippen LogP contribution in [0.2, 0.25) is 0 Å². The first-order chi connectivity index (χ1) is 9.22. The minimum Gasteiger partial charge on any atom is -0.448 e. The van der Waals surface area contributed by atoms with Crippen LogP contribution < -0.4 is 5.32 Å². The molecule has 1 heterocycles. The zero-order valence-corrected chi connectivity index (χ0v) is 11.4. The van der Waals surface area contributed by atoms with Gasteiger partial charge in [0.2, 0.25) is 0 Å². The second-order valence-electron chi connectivity index (χ2n) is 5.25. The van der Waals surface area contributed by atoms with Crippen molar-refractivity contribution < 1.29 is 14.3 Å². The molecule has 0 aliphatic heterocycles. The van der Waals surface area contributed by atoms with Gasteiger partial charge in [0.1, 0.15) is 5.76 Å². The normalized spacial score (nSPS) is 18.2. The van der Waals surface area contributed by atoms with E-state index in [1.165, 1.54) is 25.7 Å². The summed E-state index contributed by atoms with van der Waals surface area (Å²) in [7, 11) is 0. The SMILES string of the molecule is Cc1ocnc1C(=O)N[C@@H](CCO)C1CCCCC1. The minimum atomic E-state index is -0.199. The van der Waals surface area contributed by atoms with Crippen molar-refractivity contribution in [3.63, 3.8) is 0 Å². The average molecular weight is 266 g/mol. The highest BCUT2D eigenvalue weighted by molar-refractivity contribution is 5.93. The molecule has 5 heteroatoms. The molecule has 1 aromatic heterocycles. The molecule has 0 radical (unpaired) electrons. The molecule has 1 atom stereocenters. The Kier molecular flexibility index (Phi) is 4.96. The molecular weight excluding hydrogens is 244 g/mol. The molecule has 106 valence electrons. The molecule has 2 N–H and O–H groups in total. The van der Waals surface area contributed by atoms with Crippen molar-refractivity contribution >= 4 is 5.91 Å². The number of hydrogen-bond acceptors (Lipinski definition) is 4. The summed E-state index contributed by atoms with van der Waals surface area (Å²) < 4.78 is 5.05. The quantitative estimate of drug-likeness (QED) is 0.855. The number of hydrogen-bond donors (Lipinski definition) is 2. The largest absolute Gasteiger partial charge is 0.448 e. The molecule has 0 aromatic carbocycles. The van der Waals surface area contributed by atoms with Crippen LogP contribution in [0.5, 0.6) is 0 Å². The fraction of sp³-hybridized carbons (Fsp3) is 0.714. The number of aliphatic hydroxyl groups excluding tert-OH is 1. The zero-order valence-electron chi connectivity index (χ0n) is 11.4. The van der Waals surface area contributed by atoms with E-state index in [4.69, 9.17) is 4.42 Å². The third-order valence-corrected chi connectivity index (χ3v) is 3.94. The van der Waals surface area contributed by atoms with Crippen molar-refractivity contribution in [3.8, 4) is 0 Å². The summed E-state index contributed by atoms with van der Waals surface area (Å²) in [6.45, 7) is 1.82. The van der Waals surface area contributed by atoms with E-state index < -0.39 is 0 Å². The van der Waals surface area contributed by atoms with Gasteiger partial charge in [-0.15, -0.1) is 0 Å². The second-order valence-corrected chi connectivity index (χ2v) is 5.25. The van der Waals surface area contributed by atoms with Crippen molar-refractivity contribution in [2.45, 2.75) is 51.5 Å². The van der Waals surface area contributed by atoms with Crippen molar-refractivity contribution in [1.82, 2.24) is 10.3 Å². The lowest BCUT2D eigenvalue weighted by atomic mass is 9.82. The molecule has 0 bridgehead atoms. The van der Waals surface area contributed by atoms with E-state index in [0.717, 1.165) is 12.8 Å². The Bertz CT molecular complexity index is 411. The van der Waals surface area contributed by atoms with Crippen LogP contribution in [-0.4, -0.2) is 28.6 Å². The third kappa shape index (κ3) is 3.56. The van der Waals surface area contributed by atoms with Gasteiger partial charge in [0.15, 0.2) is 12.1 Å². The molecule has 0 saturated heterocycles. The summed E-state index contributed by atoms with van der Waals surface area (Å²) >= 11 is 0. The third-order valence-electron chi connectivity index (χ3n) is 3.94. The number of carbonyl (C=O) groups excluding carboxylic acids is 1. The number of aryl methyl sites for hydroxylation is 1. The summed E-state index contributed by atoms with van der Waals surface area (Å²) in [6.07, 6.45) is 7.85. The molecule has 2 rings (SSSR count). The smallest absolute Gasteiger partial charge is 0.273 e. The number of rotatable bonds is 5. The molecule has 5 nitrogen and oxygen atoms in total. The molecule has 1 aromatic rings. The fourth-order valence-electron chi connectivity index (χ4n) is 2.86. The monoisotopic (exact) mass is 266 g/mol. The van der Waals surface area contributed by atoms with Crippen LogP contribution in [-0.2, 0) is 0 Å². The predicted octanol–water partition coefficient (Wildman–Crippen LogP) is 2.04. The number of nitrogens with one attached hydrogen (secondary N) is 1. The van der Waals surface area contributed by atoms with E-state index in [0.29, 0.717) is 23.8 Å². The Morgan fingerprint density at radius 3 is 2.84 bits per heavy atom. The molecule has 0 unspecified atom stereocenters. The summed E-state index contributed by atoms with van der Waals surface area (Å²) in [5, 5.41) is 12.2. The van der Waals surface area contributed by atoms with E-state index in [2.05, 4.69) is 10.3 Å². The first kappa shape index (κ1) is 14.1. The Morgan fingerprint density at radius 1 is 1.53 bits per heavy atom. The highest BCUT2D eigenvalue weighted by atomic mass is 16.3. The lowest BCUT2D eigenvalue weighted by molar-refractivity contribution is 0.0893. The van der Waals surface area contributed by atoms with Gasteiger partial charge in [0.05, 0.1) is 0 Å². The zero-order chi connectivity index (χ0) is 13.7. The van der Waals surface area contributed by atoms with Crippen LogP contribution in [0.15, 0.2) is 10.8 Å². The fourth-order valence-corrected chi connectivity index (χ4v) is 2.86. The van der Waals surface area contributed by atoms with Crippen LogP contribution in [0.1, 0.15) is 54.8 Å². The van der Waals surface area contributed by atoms with E-state index >= 15 is 0 Å². The minimum absolute atomic E-state index is 0.0360. The summed E-state index contributed by atoms with van der Waals surface area (Å²) in [5.74, 6) is 0.802. The standard InChI is InChI=1S/C14H22N2O3/c1-10-13(15-9-19-10)14(18)16-12(7-8-17)11-5-3-2-4-6-11/h9,11-12,17H,2-8H2,1H3,(H,16,18)/t12-/m0/s1. The Balaban J connectivity index is 1.99. The van der Waals surface area contributed by atoms with Crippen LogP contribution in [0.3, 0.4) is 0 Å². The first-order valence-electron chi connectivity index (χ1n) is 7.04. The van der Waals surface area contributed by atoms with Crippen LogP contribution in [0, 0.1) is 12.8 Å². The van der Waals surface area contributed by atoms with E-state index in [1.807, 2.05) is 0 Å². The Hall–Kier alpha value is -1.36. The van der Waals surface area contributed by atoms with Crippen molar-refractivity contribution in [1.29, 1.82) is 0 Å². The maximum atomic E-state index is 12.1. The molecule has 1 fully saturated rings. The molecule has 1 aliphatic rings. The van der Waals surface area contributed by atoms with Gasteiger partial charge in [-0.2, -0.15) is 0 Å². The second kappa shape index (κ2) is 6.70. The molecule has 0 spiro atoms. The van der Waals surface area contributed by atoms with E-state index in [9.17, 15) is 9.90 Å². The number of aliphatic hydroxyl groups is 1. The van der Waals surface area contributed by atoms with Crippen LogP contribution in [0.4, 0.5) is 0 Å². The van der Waals surface area contributed by atoms with Crippen LogP contribution >= 0.6 is 0 Å². The van der Waals surface area contributed by atoms with E-state index in [-0.39, 0.29) is 18.6 Å². The van der Waals surface area contributed by atoms with Crippen molar-refractivity contribution in [2.75, 3.05) is 6.61 Å². The number of carbonyl (C=O) groups is 1. The van der Waals surface area contributed by atoms with Gasteiger partial charge in [-0.1, -0.05) is 19.3 Å². The Morgan fingerprint density at radius 2 is 2.26 bits per heavy atom. The predicted molar refractivity (Wildman–Crippen MR) is 70.8 cm³/mol. The van der Waals surface area contributed by atoms with Gasteiger partial charge < -0.3 is 14.8 Å². The van der Waals surface area contributed by atoms with Gasteiger partial charge in [-0.3, -0.25) is 4.79 Å². The maximum Gasteiger partial charge on any atom is 0.273 e. The molecule has 1 amide bonds. The molecule has 1 saturated carbocycles. The molecular formula is C14H22N2O3. The molecule has 19 heavy (non-hydrogen) atoms. The highest BCUT2D eigenvalue weighted by Crippen LogP contribution is 2.27. The number of oxazole rings is 1. The lowest BCUT2D eigenvalue weighted by Gasteiger charge is -2.30. The number of nitrogens with zero attached hydrogens (tertiary/aromatic N) is 1.